The van der Waals surface area contributed by atoms with Gasteiger partial charge in [0.25, 0.3) is 0 Å². The van der Waals surface area contributed by atoms with E-state index in [4.69, 9.17) is 0 Å². The Hall–Kier alpha value is -0.920. The molecule has 0 aliphatic heterocycles. The number of nitrogens with zero attached hydrogens (tertiary/aromatic N) is 1. The fourth-order valence-electron chi connectivity index (χ4n) is 0.223. The highest BCUT2D eigenvalue weighted by atomic mass is 16.3. The molecule has 2 heteroatoms. The van der Waals surface area contributed by atoms with Crippen LogP contribution in [0.15, 0.2) is 29.6 Å². The quantitative estimate of drug-likeness (QED) is 0.382. The van der Waals surface area contributed by atoms with E-state index in [1.807, 2.05) is 0 Å². The summed E-state index contributed by atoms with van der Waals surface area (Å²) in [6.07, 6.45) is 3.26. The zero-order valence-electron chi connectivity index (χ0n) is 4.22. The largest absolute Gasteiger partial charge is 0.145 e. The Bertz CT molecular complexity index is 105. The van der Waals surface area contributed by atoms with Gasteiger partial charge in [-0.2, -0.15) is 0 Å². The summed E-state index contributed by atoms with van der Waals surface area (Å²) in [7, 11) is 0. The van der Waals surface area contributed by atoms with Crippen molar-refractivity contribution >= 4 is 0 Å². The molecule has 0 atom stereocenters. The fourth-order valence-corrected chi connectivity index (χ4v) is 0.223. The third-order valence-corrected chi connectivity index (χ3v) is 0.476. The van der Waals surface area contributed by atoms with Crippen LogP contribution >= 0.6 is 0 Å². The second-order valence-corrected chi connectivity index (χ2v) is 1.08. The van der Waals surface area contributed by atoms with E-state index in [2.05, 4.69) is 11.8 Å². The standard InChI is InChI=1S/C5H7NO/c1-3-4-5(2)6-7/h3-4H,2H2,1H3/b4-3-. The maximum Gasteiger partial charge on any atom is 0.100 e. The smallest absolute Gasteiger partial charge is 0.100 e. The monoisotopic (exact) mass is 97.1 g/mol. The van der Waals surface area contributed by atoms with Crippen molar-refractivity contribution in [1.82, 2.24) is 0 Å². The number of hydrogen-bond acceptors (Lipinski definition) is 2. The van der Waals surface area contributed by atoms with Crippen LogP contribution in [0.2, 0.25) is 0 Å². The van der Waals surface area contributed by atoms with Gasteiger partial charge in [-0.3, -0.25) is 0 Å². The van der Waals surface area contributed by atoms with Crippen molar-refractivity contribution in [1.29, 1.82) is 0 Å². The molecule has 0 rings (SSSR count). The molecule has 0 amide bonds. The van der Waals surface area contributed by atoms with Gasteiger partial charge in [0, 0.05) is 0 Å². The molecule has 0 heterocycles. The zero-order valence-corrected chi connectivity index (χ0v) is 4.22. The predicted octanol–water partition coefficient (Wildman–Crippen LogP) is 1.84. The first-order valence-electron chi connectivity index (χ1n) is 1.96. The highest BCUT2D eigenvalue weighted by Gasteiger charge is 1.75. The van der Waals surface area contributed by atoms with Crippen LogP contribution in [0.5, 0.6) is 0 Å². The molecule has 0 radical (unpaired) electrons. The minimum atomic E-state index is 0.266. The highest BCUT2D eigenvalue weighted by molar-refractivity contribution is 5.10. The molecule has 0 saturated heterocycles. The molecule has 0 saturated carbocycles. The predicted molar refractivity (Wildman–Crippen MR) is 29.7 cm³/mol. The van der Waals surface area contributed by atoms with E-state index < -0.39 is 0 Å². The summed E-state index contributed by atoms with van der Waals surface area (Å²) in [6.45, 7) is 5.10. The van der Waals surface area contributed by atoms with Gasteiger partial charge in [-0.05, 0) is 18.2 Å². The minimum Gasteiger partial charge on any atom is -0.145 e. The molecule has 2 nitrogen and oxygen atoms in total. The first-order valence-corrected chi connectivity index (χ1v) is 1.96. The van der Waals surface area contributed by atoms with Crippen molar-refractivity contribution < 1.29 is 0 Å². The average Bonchev–Trinajstić information content (AvgIpc) is 1.68. The summed E-state index contributed by atoms with van der Waals surface area (Å²) in [5.41, 5.74) is 0.266. The van der Waals surface area contributed by atoms with Gasteiger partial charge >= 0.3 is 0 Å². The molecule has 0 N–H and O–H groups in total. The van der Waals surface area contributed by atoms with Gasteiger partial charge in [-0.1, -0.05) is 12.7 Å². The van der Waals surface area contributed by atoms with Gasteiger partial charge < -0.3 is 0 Å². The Morgan fingerprint density at radius 2 is 2.43 bits per heavy atom. The van der Waals surface area contributed by atoms with Crippen LogP contribution in [-0.4, -0.2) is 0 Å². The zero-order chi connectivity index (χ0) is 5.70. The highest BCUT2D eigenvalue weighted by Crippen LogP contribution is 1.90. The lowest BCUT2D eigenvalue weighted by Gasteiger charge is -1.73. The van der Waals surface area contributed by atoms with Gasteiger partial charge in [0.2, 0.25) is 0 Å². The molecule has 7 heavy (non-hydrogen) atoms. The summed E-state index contributed by atoms with van der Waals surface area (Å²) in [6, 6.07) is 0. The molecule has 0 fully saturated rings. The van der Waals surface area contributed by atoms with Gasteiger partial charge in [0.05, 0.1) is 0 Å². The summed E-state index contributed by atoms with van der Waals surface area (Å²) < 4.78 is 0. The maximum atomic E-state index is 9.49. The second kappa shape index (κ2) is 3.28. The van der Waals surface area contributed by atoms with E-state index in [1.165, 1.54) is 0 Å². The summed E-state index contributed by atoms with van der Waals surface area (Å²) in [5, 5.41) is 2.55. The fraction of sp³-hybridized carbons (Fsp3) is 0.200. The average molecular weight is 97.1 g/mol. The maximum absolute atomic E-state index is 9.49. The van der Waals surface area contributed by atoms with Crippen molar-refractivity contribution in [2.24, 2.45) is 5.18 Å². The third-order valence-electron chi connectivity index (χ3n) is 0.476. The van der Waals surface area contributed by atoms with Crippen LogP contribution in [0.4, 0.5) is 0 Å². The number of nitroso groups, excluding NO2 is 1. The first-order chi connectivity index (χ1) is 3.31. The van der Waals surface area contributed by atoms with E-state index in [0.717, 1.165) is 0 Å². The molecule has 0 aromatic carbocycles. The Morgan fingerprint density at radius 1 is 1.86 bits per heavy atom. The molecule has 0 aliphatic carbocycles. The van der Waals surface area contributed by atoms with Gasteiger partial charge in [-0.15, -0.1) is 4.91 Å². The SMILES string of the molecule is C=C(/C=C\C)N=O. The van der Waals surface area contributed by atoms with Crippen molar-refractivity contribution in [3.05, 3.63) is 29.3 Å². The lowest BCUT2D eigenvalue weighted by molar-refractivity contribution is 1.40. The second-order valence-electron chi connectivity index (χ2n) is 1.08. The molecular weight excluding hydrogens is 90.1 g/mol. The van der Waals surface area contributed by atoms with E-state index in [-0.39, 0.29) is 5.70 Å². The first kappa shape index (κ1) is 6.08. The van der Waals surface area contributed by atoms with Gasteiger partial charge in [-0.25, -0.2) is 0 Å². The van der Waals surface area contributed by atoms with Crippen LogP contribution in [0, 0.1) is 4.91 Å². The van der Waals surface area contributed by atoms with Crippen LogP contribution in [0.3, 0.4) is 0 Å². The van der Waals surface area contributed by atoms with Crippen LogP contribution in [-0.2, 0) is 0 Å². The Kier molecular flexibility index (Phi) is 2.85. The van der Waals surface area contributed by atoms with Crippen molar-refractivity contribution in [3.8, 4) is 0 Å². The Labute approximate surface area is 42.5 Å². The van der Waals surface area contributed by atoms with Crippen molar-refractivity contribution in [2.45, 2.75) is 6.92 Å². The summed E-state index contributed by atoms with van der Waals surface area (Å²) in [4.78, 5) is 9.49. The van der Waals surface area contributed by atoms with E-state index in [9.17, 15) is 4.91 Å². The molecule has 0 aromatic heterocycles. The molecule has 0 aromatic rings. The van der Waals surface area contributed by atoms with E-state index in [0.29, 0.717) is 0 Å². The lowest BCUT2D eigenvalue weighted by Crippen LogP contribution is -1.58. The van der Waals surface area contributed by atoms with E-state index >= 15 is 0 Å². The Balaban J connectivity index is 3.58. The minimum absolute atomic E-state index is 0.266. The summed E-state index contributed by atoms with van der Waals surface area (Å²) >= 11 is 0. The summed E-state index contributed by atoms with van der Waals surface area (Å²) in [5.74, 6) is 0. The number of rotatable bonds is 2. The van der Waals surface area contributed by atoms with Crippen molar-refractivity contribution in [3.63, 3.8) is 0 Å². The molecular formula is C5H7NO. The van der Waals surface area contributed by atoms with Gasteiger partial charge in [0.1, 0.15) is 5.70 Å². The van der Waals surface area contributed by atoms with Crippen LogP contribution in [0.25, 0.3) is 0 Å². The number of hydrogen-bond donors (Lipinski definition) is 0. The van der Waals surface area contributed by atoms with Gasteiger partial charge in [0.15, 0.2) is 0 Å². The van der Waals surface area contributed by atoms with Crippen LogP contribution < -0.4 is 0 Å². The molecule has 0 bridgehead atoms. The third kappa shape index (κ3) is 2.89. The van der Waals surface area contributed by atoms with E-state index in [1.54, 1.807) is 19.1 Å². The molecule has 0 spiro atoms. The van der Waals surface area contributed by atoms with Crippen molar-refractivity contribution in [2.75, 3.05) is 0 Å². The topological polar surface area (TPSA) is 29.4 Å². The molecule has 0 unspecified atom stereocenters. The molecule has 38 valence electrons. The Morgan fingerprint density at radius 3 is 2.57 bits per heavy atom. The lowest BCUT2D eigenvalue weighted by atomic mass is 10.4. The van der Waals surface area contributed by atoms with Crippen LogP contribution in [0.1, 0.15) is 6.92 Å². The number of allylic oxidation sites excluding steroid dienone is 2. The molecule has 0 aliphatic rings. The normalized spacial score (nSPS) is 9.29.